The third kappa shape index (κ3) is 4.06. The Bertz CT molecular complexity index is 1480. The number of anilines is 2. The number of ether oxygens (including phenoxy) is 1. The van der Waals surface area contributed by atoms with Gasteiger partial charge in [0.2, 0.25) is 0 Å². The molecule has 4 heterocycles. The summed E-state index contributed by atoms with van der Waals surface area (Å²) in [7, 11) is 1.88. The van der Waals surface area contributed by atoms with Crippen molar-refractivity contribution in [2.45, 2.75) is 18.7 Å². The fourth-order valence-electron chi connectivity index (χ4n) is 4.27. The summed E-state index contributed by atoms with van der Waals surface area (Å²) >= 11 is 1.58. The minimum atomic E-state index is -0.938. The first kappa shape index (κ1) is 20.9. The summed E-state index contributed by atoms with van der Waals surface area (Å²) in [6, 6.07) is 9.95. The number of aromatic nitrogens is 5. The van der Waals surface area contributed by atoms with Gasteiger partial charge in [-0.25, -0.2) is 19.3 Å². The predicted octanol–water partition coefficient (Wildman–Crippen LogP) is 4.46. The Morgan fingerprint density at radius 1 is 1.12 bits per heavy atom. The topological polar surface area (TPSA) is 89.8 Å². The van der Waals surface area contributed by atoms with E-state index in [0.29, 0.717) is 31.1 Å². The number of nitrogens with zero attached hydrogens (tertiary/aromatic N) is 5. The van der Waals surface area contributed by atoms with Crippen LogP contribution in [0.25, 0.3) is 32.2 Å². The van der Waals surface area contributed by atoms with Crippen LogP contribution in [-0.4, -0.2) is 50.1 Å². The maximum atomic E-state index is 14.1. The largest absolute Gasteiger partial charge is 0.488 e. The zero-order chi connectivity index (χ0) is 23.1. The average molecular weight is 476 g/mol. The molecule has 2 N–H and O–H groups in total. The standard InChI is InChI=1S/C24H22FN7OS/c1-32-11-15(8-30-32)14-4-20-23(21(5-14)33-18-6-16(25)9-26-10-18)24(28-12-27-20)31-17-2-3-19-22(7-17)34-13-29-19/h2-5,7-8,11-13,16,18,26H,6,9-10H2,1H3,(H,27,28,31)/t16-,18+/m1/s1. The lowest BCUT2D eigenvalue weighted by Gasteiger charge is -2.27. The van der Waals surface area contributed by atoms with Gasteiger partial charge in [-0.1, -0.05) is 0 Å². The molecular formula is C24H22FN7OS. The second kappa shape index (κ2) is 8.62. The van der Waals surface area contributed by atoms with Gasteiger partial charge in [0.05, 0.1) is 32.8 Å². The van der Waals surface area contributed by atoms with E-state index in [1.807, 2.05) is 49.1 Å². The number of halogens is 1. The van der Waals surface area contributed by atoms with Crippen LogP contribution in [0.15, 0.2) is 54.6 Å². The van der Waals surface area contributed by atoms with Crippen molar-refractivity contribution in [3.05, 3.63) is 54.6 Å². The number of hydrogen-bond donors (Lipinski definition) is 2. The first-order valence-electron chi connectivity index (χ1n) is 11.0. The van der Waals surface area contributed by atoms with Crippen molar-refractivity contribution in [2.24, 2.45) is 7.05 Å². The van der Waals surface area contributed by atoms with Crippen molar-refractivity contribution in [1.29, 1.82) is 0 Å². The quantitative estimate of drug-likeness (QED) is 0.388. The second-order valence-electron chi connectivity index (χ2n) is 8.38. The lowest BCUT2D eigenvalue weighted by molar-refractivity contribution is 0.117. The van der Waals surface area contributed by atoms with Gasteiger partial charge in [-0.15, -0.1) is 11.3 Å². The Labute approximate surface area is 198 Å². The summed E-state index contributed by atoms with van der Waals surface area (Å²) in [5.74, 6) is 1.24. The van der Waals surface area contributed by atoms with E-state index >= 15 is 0 Å². The minimum absolute atomic E-state index is 0.294. The molecule has 0 radical (unpaired) electrons. The Balaban J connectivity index is 1.45. The molecule has 0 bridgehead atoms. The molecule has 172 valence electrons. The van der Waals surface area contributed by atoms with E-state index in [1.54, 1.807) is 22.2 Å². The number of aryl methyl sites for hydroxylation is 1. The molecule has 1 aliphatic heterocycles. The van der Waals surface area contributed by atoms with Gasteiger partial charge >= 0.3 is 0 Å². The van der Waals surface area contributed by atoms with Gasteiger partial charge in [-0.3, -0.25) is 4.68 Å². The summed E-state index contributed by atoms with van der Waals surface area (Å²) in [4.78, 5) is 13.4. The molecule has 5 aromatic rings. The Kier molecular flexibility index (Phi) is 5.31. The number of alkyl halides is 1. The molecule has 2 aromatic carbocycles. The third-order valence-electron chi connectivity index (χ3n) is 5.88. The summed E-state index contributed by atoms with van der Waals surface area (Å²) in [6.07, 6.45) is 4.38. The van der Waals surface area contributed by atoms with Gasteiger partial charge in [0.15, 0.2) is 0 Å². The lowest BCUT2D eigenvalue weighted by atomic mass is 10.0. The van der Waals surface area contributed by atoms with Gasteiger partial charge < -0.3 is 15.4 Å². The van der Waals surface area contributed by atoms with E-state index < -0.39 is 6.17 Å². The van der Waals surface area contributed by atoms with E-state index in [-0.39, 0.29) is 6.10 Å². The van der Waals surface area contributed by atoms with Crippen molar-refractivity contribution in [2.75, 3.05) is 18.4 Å². The fraction of sp³-hybridized carbons (Fsp3) is 0.250. The van der Waals surface area contributed by atoms with E-state index in [1.165, 1.54) is 6.33 Å². The number of thiazole rings is 1. The highest BCUT2D eigenvalue weighted by molar-refractivity contribution is 7.16. The molecule has 1 aliphatic rings. The molecule has 1 saturated heterocycles. The van der Waals surface area contributed by atoms with Crippen LogP contribution < -0.4 is 15.4 Å². The fourth-order valence-corrected chi connectivity index (χ4v) is 4.99. The van der Waals surface area contributed by atoms with E-state index in [0.717, 1.165) is 37.9 Å². The maximum Gasteiger partial charge on any atom is 0.145 e. The van der Waals surface area contributed by atoms with Gasteiger partial charge in [0.1, 0.15) is 30.2 Å². The summed E-state index contributed by atoms with van der Waals surface area (Å²) in [6.45, 7) is 0.934. The van der Waals surface area contributed by atoms with Crippen LogP contribution in [0.4, 0.5) is 15.9 Å². The predicted molar refractivity (Wildman–Crippen MR) is 131 cm³/mol. The lowest BCUT2D eigenvalue weighted by Crippen LogP contribution is -2.43. The molecule has 0 saturated carbocycles. The monoisotopic (exact) mass is 475 g/mol. The van der Waals surface area contributed by atoms with Gasteiger partial charge in [0.25, 0.3) is 0 Å². The van der Waals surface area contributed by atoms with Crippen LogP contribution in [0.1, 0.15) is 6.42 Å². The van der Waals surface area contributed by atoms with Crippen LogP contribution in [0.5, 0.6) is 5.75 Å². The molecular weight excluding hydrogens is 453 g/mol. The van der Waals surface area contributed by atoms with Crippen molar-refractivity contribution in [3.63, 3.8) is 0 Å². The smallest absolute Gasteiger partial charge is 0.145 e. The zero-order valence-corrected chi connectivity index (χ0v) is 19.2. The maximum absolute atomic E-state index is 14.1. The summed E-state index contributed by atoms with van der Waals surface area (Å²) < 4.78 is 23.3. The second-order valence-corrected chi connectivity index (χ2v) is 9.27. The number of piperidine rings is 1. The number of hydrogen-bond acceptors (Lipinski definition) is 8. The normalized spacial score (nSPS) is 18.4. The first-order chi connectivity index (χ1) is 16.6. The molecule has 2 atom stereocenters. The van der Waals surface area contributed by atoms with Gasteiger partial charge in [0, 0.05) is 44.0 Å². The van der Waals surface area contributed by atoms with Crippen LogP contribution in [-0.2, 0) is 7.05 Å². The van der Waals surface area contributed by atoms with E-state index in [2.05, 4.69) is 30.7 Å². The summed E-state index contributed by atoms with van der Waals surface area (Å²) in [5, 5.41) is 11.6. The van der Waals surface area contributed by atoms with Crippen molar-refractivity contribution in [1.82, 2.24) is 30.0 Å². The molecule has 0 unspecified atom stereocenters. The Morgan fingerprint density at radius 3 is 2.91 bits per heavy atom. The number of rotatable bonds is 5. The molecule has 6 rings (SSSR count). The minimum Gasteiger partial charge on any atom is -0.488 e. The molecule has 1 fully saturated rings. The molecule has 3 aromatic heterocycles. The molecule has 0 amide bonds. The van der Waals surface area contributed by atoms with Crippen LogP contribution in [0, 0.1) is 0 Å². The Hall–Kier alpha value is -3.63. The van der Waals surface area contributed by atoms with Crippen LogP contribution in [0.3, 0.4) is 0 Å². The number of nitrogens with one attached hydrogen (secondary N) is 2. The van der Waals surface area contributed by atoms with Gasteiger partial charge in [-0.05, 0) is 35.9 Å². The third-order valence-corrected chi connectivity index (χ3v) is 6.68. The molecule has 34 heavy (non-hydrogen) atoms. The molecule has 0 spiro atoms. The van der Waals surface area contributed by atoms with Crippen molar-refractivity contribution >= 4 is 44.0 Å². The molecule has 8 nitrogen and oxygen atoms in total. The first-order valence-corrected chi connectivity index (χ1v) is 11.9. The SMILES string of the molecule is Cn1cc(-c2cc(O[C@@H]3CNC[C@H](F)C3)c3c(Nc4ccc5ncsc5c4)ncnc3c2)cn1. The van der Waals surface area contributed by atoms with E-state index in [4.69, 9.17) is 4.74 Å². The van der Waals surface area contributed by atoms with Crippen molar-refractivity contribution in [3.8, 4) is 16.9 Å². The zero-order valence-electron chi connectivity index (χ0n) is 18.4. The molecule has 0 aliphatic carbocycles. The molecule has 10 heteroatoms. The van der Waals surface area contributed by atoms with Crippen LogP contribution >= 0.6 is 11.3 Å². The van der Waals surface area contributed by atoms with E-state index in [9.17, 15) is 4.39 Å². The Morgan fingerprint density at radius 2 is 2.06 bits per heavy atom. The average Bonchev–Trinajstić information content (AvgIpc) is 3.47. The van der Waals surface area contributed by atoms with Gasteiger partial charge in [-0.2, -0.15) is 5.10 Å². The summed E-state index contributed by atoms with van der Waals surface area (Å²) in [5.41, 5.74) is 6.28. The van der Waals surface area contributed by atoms with Crippen LogP contribution in [0.2, 0.25) is 0 Å². The highest BCUT2D eigenvalue weighted by Gasteiger charge is 2.24. The highest BCUT2D eigenvalue weighted by Crippen LogP contribution is 2.37. The number of benzene rings is 2. The highest BCUT2D eigenvalue weighted by atomic mass is 32.1. The number of fused-ring (bicyclic) bond motifs is 2. The van der Waals surface area contributed by atoms with Crippen molar-refractivity contribution < 1.29 is 9.13 Å².